The molecule has 136 valence electrons. The summed E-state index contributed by atoms with van der Waals surface area (Å²) in [5, 5.41) is 20.0. The number of ether oxygens (including phenoxy) is 1. The maximum atomic E-state index is 12.2. The zero-order chi connectivity index (χ0) is 19.9. The standard InChI is InChI=1S/C22H14N2O4/c23-15-19(22(25)28-21-4-2-1-3-5-21)14-16-6-8-17(9-7-16)18-10-12-20(13-11-18)24(26)27/h1-14H. The molecule has 3 aromatic carbocycles. The molecule has 0 atom stereocenters. The van der Waals surface area contributed by atoms with Crippen LogP contribution in [-0.4, -0.2) is 10.9 Å². The molecule has 3 rings (SSSR count). The van der Waals surface area contributed by atoms with Gasteiger partial charge in [-0.3, -0.25) is 10.1 Å². The van der Waals surface area contributed by atoms with Crippen molar-refractivity contribution < 1.29 is 14.5 Å². The molecule has 0 N–H and O–H groups in total. The molecule has 0 bridgehead atoms. The third-order valence-electron chi connectivity index (χ3n) is 3.93. The van der Waals surface area contributed by atoms with Crippen LogP contribution in [0.25, 0.3) is 17.2 Å². The first-order chi connectivity index (χ1) is 13.6. The molecule has 0 saturated heterocycles. The lowest BCUT2D eigenvalue weighted by Crippen LogP contribution is -2.09. The molecular weight excluding hydrogens is 356 g/mol. The van der Waals surface area contributed by atoms with E-state index in [0.29, 0.717) is 11.3 Å². The zero-order valence-corrected chi connectivity index (χ0v) is 14.6. The van der Waals surface area contributed by atoms with Crippen LogP contribution in [0, 0.1) is 21.4 Å². The SMILES string of the molecule is N#CC(=Cc1ccc(-c2ccc([N+](=O)[O-])cc2)cc1)C(=O)Oc1ccccc1. The van der Waals surface area contributed by atoms with Crippen LogP contribution < -0.4 is 4.74 Å². The smallest absolute Gasteiger partial charge is 0.354 e. The second-order valence-electron chi connectivity index (χ2n) is 5.80. The van der Waals surface area contributed by atoms with Gasteiger partial charge >= 0.3 is 5.97 Å². The van der Waals surface area contributed by atoms with E-state index < -0.39 is 10.9 Å². The normalized spacial score (nSPS) is 10.8. The van der Waals surface area contributed by atoms with Crippen molar-refractivity contribution in [2.45, 2.75) is 0 Å². The molecule has 0 aliphatic carbocycles. The van der Waals surface area contributed by atoms with Crippen LogP contribution in [0.2, 0.25) is 0 Å². The average Bonchev–Trinajstić information content (AvgIpc) is 2.73. The van der Waals surface area contributed by atoms with Gasteiger partial charge in [-0.15, -0.1) is 0 Å². The summed E-state index contributed by atoms with van der Waals surface area (Å²) in [4.78, 5) is 22.4. The molecule has 6 nitrogen and oxygen atoms in total. The van der Waals surface area contributed by atoms with Crippen LogP contribution >= 0.6 is 0 Å². The molecule has 0 aromatic heterocycles. The van der Waals surface area contributed by atoms with Gasteiger partial charge in [0.25, 0.3) is 5.69 Å². The minimum absolute atomic E-state index is 0.0268. The Morgan fingerprint density at radius 3 is 2.04 bits per heavy atom. The van der Waals surface area contributed by atoms with E-state index in [4.69, 9.17) is 4.74 Å². The number of nitriles is 1. The predicted octanol–water partition coefficient (Wildman–Crippen LogP) is 4.77. The van der Waals surface area contributed by atoms with E-state index >= 15 is 0 Å². The van der Waals surface area contributed by atoms with Crippen molar-refractivity contribution in [3.8, 4) is 22.9 Å². The predicted molar refractivity (Wildman–Crippen MR) is 104 cm³/mol. The summed E-state index contributed by atoms with van der Waals surface area (Å²) in [7, 11) is 0. The van der Waals surface area contributed by atoms with Crippen molar-refractivity contribution in [1.82, 2.24) is 0 Å². The van der Waals surface area contributed by atoms with E-state index in [1.165, 1.54) is 18.2 Å². The molecule has 0 aliphatic heterocycles. The van der Waals surface area contributed by atoms with Crippen molar-refractivity contribution in [1.29, 1.82) is 5.26 Å². The van der Waals surface area contributed by atoms with Crippen LogP contribution in [0.1, 0.15) is 5.56 Å². The summed E-state index contributed by atoms with van der Waals surface area (Å²) in [6.07, 6.45) is 1.45. The van der Waals surface area contributed by atoms with Crippen LogP contribution in [0.3, 0.4) is 0 Å². The fraction of sp³-hybridized carbons (Fsp3) is 0. The maximum Gasteiger partial charge on any atom is 0.354 e. The van der Waals surface area contributed by atoms with Crippen LogP contribution in [-0.2, 0) is 4.79 Å². The summed E-state index contributed by atoms with van der Waals surface area (Å²) in [6, 6.07) is 23.7. The lowest BCUT2D eigenvalue weighted by Gasteiger charge is -2.04. The largest absolute Gasteiger partial charge is 0.422 e. The molecule has 0 spiro atoms. The third-order valence-corrected chi connectivity index (χ3v) is 3.93. The van der Waals surface area contributed by atoms with Crippen LogP contribution in [0.5, 0.6) is 5.75 Å². The summed E-state index contributed by atoms with van der Waals surface area (Å²) in [5.41, 5.74) is 2.25. The van der Waals surface area contributed by atoms with E-state index in [0.717, 1.165) is 11.1 Å². The van der Waals surface area contributed by atoms with E-state index in [1.807, 2.05) is 18.2 Å². The Kier molecular flexibility index (Phi) is 5.58. The Labute approximate surface area is 161 Å². The number of nitro groups is 1. The number of nitro benzene ring substituents is 1. The number of esters is 1. The number of benzene rings is 3. The average molecular weight is 370 g/mol. The molecule has 0 saturated carbocycles. The van der Waals surface area contributed by atoms with Crippen molar-refractivity contribution in [2.75, 3.05) is 0 Å². The Hall–Kier alpha value is -4.24. The monoisotopic (exact) mass is 370 g/mol. The van der Waals surface area contributed by atoms with Gasteiger partial charge in [-0.2, -0.15) is 5.26 Å². The van der Waals surface area contributed by atoms with Crippen molar-refractivity contribution in [2.24, 2.45) is 0 Å². The highest BCUT2D eigenvalue weighted by Gasteiger charge is 2.12. The Morgan fingerprint density at radius 2 is 1.50 bits per heavy atom. The van der Waals surface area contributed by atoms with Crippen LogP contribution in [0.4, 0.5) is 5.69 Å². The van der Waals surface area contributed by atoms with E-state index in [1.54, 1.807) is 54.6 Å². The van der Waals surface area contributed by atoms with E-state index in [-0.39, 0.29) is 11.3 Å². The molecule has 0 amide bonds. The van der Waals surface area contributed by atoms with Gasteiger partial charge < -0.3 is 4.74 Å². The van der Waals surface area contributed by atoms with Gasteiger partial charge in [-0.05, 0) is 47.0 Å². The van der Waals surface area contributed by atoms with E-state index in [9.17, 15) is 20.2 Å². The number of rotatable bonds is 5. The first-order valence-electron chi connectivity index (χ1n) is 8.31. The lowest BCUT2D eigenvalue weighted by molar-refractivity contribution is -0.384. The highest BCUT2D eigenvalue weighted by molar-refractivity contribution is 5.99. The van der Waals surface area contributed by atoms with Gasteiger partial charge in [0.1, 0.15) is 17.4 Å². The minimum atomic E-state index is -0.729. The number of nitrogens with zero attached hydrogens (tertiary/aromatic N) is 2. The van der Waals surface area contributed by atoms with Gasteiger partial charge in [-0.25, -0.2) is 4.79 Å². The number of carbonyl (C=O) groups is 1. The zero-order valence-electron chi connectivity index (χ0n) is 14.6. The first-order valence-corrected chi connectivity index (χ1v) is 8.31. The van der Waals surface area contributed by atoms with Gasteiger partial charge in [-0.1, -0.05) is 42.5 Å². The molecule has 28 heavy (non-hydrogen) atoms. The van der Waals surface area contributed by atoms with Crippen LogP contribution in [0.15, 0.2) is 84.4 Å². The number of hydrogen-bond donors (Lipinski definition) is 0. The van der Waals surface area contributed by atoms with E-state index in [2.05, 4.69) is 0 Å². The molecule has 6 heteroatoms. The molecule has 0 heterocycles. The highest BCUT2D eigenvalue weighted by Crippen LogP contribution is 2.23. The van der Waals surface area contributed by atoms with Crippen molar-refractivity contribution in [3.63, 3.8) is 0 Å². The molecular formula is C22H14N2O4. The Bertz CT molecular complexity index is 1060. The van der Waals surface area contributed by atoms with Crippen molar-refractivity contribution in [3.05, 3.63) is 100 Å². The third kappa shape index (κ3) is 4.48. The Morgan fingerprint density at radius 1 is 0.929 bits per heavy atom. The highest BCUT2D eigenvalue weighted by atomic mass is 16.6. The fourth-order valence-corrected chi connectivity index (χ4v) is 2.50. The number of non-ortho nitro benzene ring substituents is 1. The molecule has 3 aromatic rings. The number of hydrogen-bond acceptors (Lipinski definition) is 5. The Balaban J connectivity index is 1.77. The topological polar surface area (TPSA) is 93.2 Å². The second-order valence-corrected chi connectivity index (χ2v) is 5.80. The molecule has 0 radical (unpaired) electrons. The summed E-state index contributed by atoms with van der Waals surface area (Å²) < 4.78 is 5.18. The number of para-hydroxylation sites is 1. The van der Waals surface area contributed by atoms with Gasteiger partial charge in [0.15, 0.2) is 0 Å². The number of carbonyl (C=O) groups excluding carboxylic acids is 1. The van der Waals surface area contributed by atoms with Gasteiger partial charge in [0.2, 0.25) is 0 Å². The van der Waals surface area contributed by atoms with Crippen molar-refractivity contribution >= 4 is 17.7 Å². The molecule has 0 fully saturated rings. The quantitative estimate of drug-likeness (QED) is 0.161. The molecule has 0 unspecified atom stereocenters. The minimum Gasteiger partial charge on any atom is -0.422 e. The summed E-state index contributed by atoms with van der Waals surface area (Å²) in [6.45, 7) is 0. The fourth-order valence-electron chi connectivity index (χ4n) is 2.50. The molecule has 0 aliphatic rings. The summed E-state index contributed by atoms with van der Waals surface area (Å²) >= 11 is 0. The maximum absolute atomic E-state index is 12.2. The van der Waals surface area contributed by atoms with Gasteiger partial charge in [0, 0.05) is 12.1 Å². The lowest BCUT2D eigenvalue weighted by atomic mass is 10.0. The second kappa shape index (κ2) is 8.43. The van der Waals surface area contributed by atoms with Gasteiger partial charge in [0.05, 0.1) is 4.92 Å². The first kappa shape index (κ1) is 18.5. The summed E-state index contributed by atoms with van der Waals surface area (Å²) in [5.74, 6) is -0.365.